The summed E-state index contributed by atoms with van der Waals surface area (Å²) < 4.78 is -0.0519. The van der Waals surface area contributed by atoms with E-state index in [0.29, 0.717) is 32.2 Å². The second-order valence-electron chi connectivity index (χ2n) is 12.2. The van der Waals surface area contributed by atoms with E-state index in [0.717, 1.165) is 50.0 Å². The van der Waals surface area contributed by atoms with E-state index in [-0.39, 0.29) is 42.1 Å². The number of unbranched alkanes of at least 4 members (excludes halogenated alkanes) is 14. The zero-order chi connectivity index (χ0) is 36.0. The third-order valence-corrected chi connectivity index (χ3v) is 17.2. The van der Waals surface area contributed by atoms with Crippen LogP contribution >= 0.6 is 64.8 Å². The molecular formula is C33H57N2O8S6. The number of carboxylic acids is 3. The van der Waals surface area contributed by atoms with Crippen LogP contribution in [0.1, 0.15) is 141 Å². The number of carbonyl (C=O) groups is 5. The van der Waals surface area contributed by atoms with Crippen molar-refractivity contribution in [2.75, 3.05) is 11.6 Å². The maximum Gasteiger partial charge on any atom is 0.320 e. The lowest BCUT2D eigenvalue weighted by atomic mass is 9.94. The van der Waals surface area contributed by atoms with E-state index in [1.807, 2.05) is 5.08 Å². The summed E-state index contributed by atoms with van der Waals surface area (Å²) in [5.74, 6) is -3.82. The molecule has 1 aliphatic heterocycles. The number of hydrogen-bond donors (Lipinski definition) is 5. The summed E-state index contributed by atoms with van der Waals surface area (Å²) >= 11 is 0. The van der Waals surface area contributed by atoms with Gasteiger partial charge in [-0.05, 0) is 38.5 Å². The van der Waals surface area contributed by atoms with Gasteiger partial charge in [0.25, 0.3) is 0 Å². The van der Waals surface area contributed by atoms with Crippen molar-refractivity contribution in [1.82, 2.24) is 10.6 Å². The van der Waals surface area contributed by atoms with Crippen LogP contribution in [-0.4, -0.2) is 67.3 Å². The molecule has 1 fully saturated rings. The van der Waals surface area contributed by atoms with Crippen LogP contribution in [0.5, 0.6) is 0 Å². The van der Waals surface area contributed by atoms with Crippen LogP contribution in [-0.2, 0) is 24.0 Å². The first kappa shape index (κ1) is 46.6. The van der Waals surface area contributed by atoms with Crippen LogP contribution in [0, 0.1) is 11.0 Å². The molecule has 0 aromatic carbocycles. The molecule has 16 heteroatoms. The largest absolute Gasteiger partial charge is 0.481 e. The van der Waals surface area contributed by atoms with Crippen molar-refractivity contribution in [3.8, 4) is 0 Å². The van der Waals surface area contributed by atoms with Crippen LogP contribution in [0.2, 0.25) is 0 Å². The van der Waals surface area contributed by atoms with Gasteiger partial charge in [-0.25, -0.2) is 0 Å². The highest BCUT2D eigenvalue weighted by atomic mass is 33.2. The van der Waals surface area contributed by atoms with Crippen LogP contribution in [0.15, 0.2) is 0 Å². The number of carboxylic acid groups (broad SMARTS) is 3. The van der Waals surface area contributed by atoms with Crippen molar-refractivity contribution in [3.05, 3.63) is 5.08 Å². The van der Waals surface area contributed by atoms with E-state index in [1.165, 1.54) is 44.9 Å². The summed E-state index contributed by atoms with van der Waals surface area (Å²) in [7, 11) is 9.95. The van der Waals surface area contributed by atoms with Crippen molar-refractivity contribution >= 4 is 94.4 Å². The molecule has 0 aliphatic carbocycles. The zero-order valence-electron chi connectivity index (χ0n) is 28.6. The Morgan fingerprint density at radius 2 is 1.22 bits per heavy atom. The van der Waals surface area contributed by atoms with Gasteiger partial charge < -0.3 is 20.6 Å². The first-order valence-electron chi connectivity index (χ1n) is 17.6. The van der Waals surface area contributed by atoms with Gasteiger partial charge in [0.05, 0.1) is 16.1 Å². The molecule has 0 bridgehead atoms. The van der Waals surface area contributed by atoms with Crippen LogP contribution in [0.3, 0.4) is 0 Å². The van der Waals surface area contributed by atoms with Crippen molar-refractivity contribution in [3.63, 3.8) is 0 Å². The molecule has 5 N–H and O–H groups in total. The van der Waals surface area contributed by atoms with E-state index in [4.69, 9.17) is 5.11 Å². The molecule has 0 saturated carbocycles. The van der Waals surface area contributed by atoms with E-state index in [2.05, 4.69) is 10.6 Å². The summed E-state index contributed by atoms with van der Waals surface area (Å²) in [6.45, 7) is 0.392. The highest BCUT2D eigenvalue weighted by Gasteiger charge is 2.24. The van der Waals surface area contributed by atoms with Crippen molar-refractivity contribution in [1.29, 1.82) is 0 Å². The van der Waals surface area contributed by atoms with E-state index in [1.54, 1.807) is 64.8 Å². The lowest BCUT2D eigenvalue weighted by Gasteiger charge is -2.21. The Hall–Kier alpha value is -0.390. The highest BCUT2D eigenvalue weighted by molar-refractivity contribution is 8.93. The number of hydrogen-bond acceptors (Lipinski definition) is 12. The van der Waals surface area contributed by atoms with Gasteiger partial charge in [-0.2, -0.15) is 0 Å². The van der Waals surface area contributed by atoms with Crippen molar-refractivity contribution in [2.24, 2.45) is 5.92 Å². The third kappa shape index (κ3) is 28.8. The molecule has 1 aliphatic rings. The van der Waals surface area contributed by atoms with E-state index in [9.17, 15) is 34.2 Å². The fraction of sp³-hybridized carbons (Fsp3) is 0.818. The number of carbonyl (C=O) groups excluding carboxylic acids is 2. The summed E-state index contributed by atoms with van der Waals surface area (Å²) in [6.07, 6.45) is 17.9. The van der Waals surface area contributed by atoms with Crippen molar-refractivity contribution < 1.29 is 39.3 Å². The first-order valence-corrected chi connectivity index (χ1v) is 24.6. The average Bonchev–Trinajstić information content (AvgIpc) is 3.19. The Bertz CT molecular complexity index is 926. The SMILES string of the molecule is O=C(O)CCCCCCCCCCCCCCCCC(=O)C[C@@H](CCC(=O)NCCCC[C@H](NC1SS[CH]SSCSS1)C(=O)O)C(=O)O. The maximum atomic E-state index is 12.4. The third-order valence-electron chi connectivity index (χ3n) is 8.06. The maximum absolute atomic E-state index is 12.4. The number of ketones is 1. The lowest BCUT2D eigenvalue weighted by molar-refractivity contribution is -0.144. The molecule has 1 unspecified atom stereocenters. The molecule has 283 valence electrons. The molecular weight excluding hydrogens is 745 g/mol. The molecule has 1 heterocycles. The minimum absolute atomic E-state index is 0.0389. The molecule has 3 atom stereocenters. The van der Waals surface area contributed by atoms with Crippen LogP contribution < -0.4 is 10.6 Å². The zero-order valence-corrected chi connectivity index (χ0v) is 33.5. The molecule has 1 saturated heterocycles. The van der Waals surface area contributed by atoms with Gasteiger partial charge in [0, 0.05) is 32.2 Å². The molecule has 0 aromatic rings. The van der Waals surface area contributed by atoms with Gasteiger partial charge in [-0.3, -0.25) is 29.3 Å². The average molecular weight is 802 g/mol. The summed E-state index contributed by atoms with van der Waals surface area (Å²) in [4.78, 5) is 58.8. The standard InChI is InChI=1S/C33H57N2O8S6/c36-27(17-13-11-9-7-5-3-1-2-4-6-8-10-12-14-19-30(38)39)23-26(31(40)41)20-21-29(37)34-22-16-15-18-28(32(42)43)35-33-48-46-24-44-45-25-47-49-33/h24,26,28,33,35H,1-23,25H2,(H,34,37)(H,38,39)(H,40,41)(H,42,43)/t26-,28+,33?/m1/s1. The lowest BCUT2D eigenvalue weighted by Crippen LogP contribution is -2.40. The number of rotatable bonds is 31. The Balaban J connectivity index is 2.07. The van der Waals surface area contributed by atoms with Gasteiger partial charge in [0.1, 0.15) is 16.5 Å². The predicted molar refractivity (Wildman–Crippen MR) is 211 cm³/mol. The second-order valence-corrected chi connectivity index (χ2v) is 20.1. The summed E-state index contributed by atoms with van der Waals surface area (Å²) in [6, 6.07) is -0.677. The fourth-order valence-electron chi connectivity index (χ4n) is 5.27. The topological polar surface area (TPSA) is 170 Å². The molecule has 0 spiro atoms. The Labute approximate surface area is 317 Å². The van der Waals surface area contributed by atoms with E-state index >= 15 is 0 Å². The normalized spacial score (nSPS) is 15.4. The van der Waals surface area contributed by atoms with Crippen molar-refractivity contribution in [2.45, 2.75) is 152 Å². The van der Waals surface area contributed by atoms with Gasteiger partial charge in [0.2, 0.25) is 5.91 Å². The number of Topliss-reactive ketones (excluding diaryl/α,β-unsaturated/α-hetero) is 1. The van der Waals surface area contributed by atoms with Gasteiger partial charge in [-0.15, -0.1) is 0 Å². The Morgan fingerprint density at radius 1 is 0.633 bits per heavy atom. The van der Waals surface area contributed by atoms with Gasteiger partial charge >= 0.3 is 17.9 Å². The molecule has 0 aromatic heterocycles. The summed E-state index contributed by atoms with van der Waals surface area (Å²) in [5, 5.41) is 36.9. The Kier molecular flexibility index (Phi) is 30.7. The molecule has 1 amide bonds. The Morgan fingerprint density at radius 3 is 1.80 bits per heavy atom. The predicted octanol–water partition coefficient (Wildman–Crippen LogP) is 9.60. The number of nitrogens with one attached hydrogen (secondary N) is 2. The minimum atomic E-state index is -1.05. The van der Waals surface area contributed by atoms with Crippen LogP contribution in [0.4, 0.5) is 0 Å². The summed E-state index contributed by atoms with van der Waals surface area (Å²) in [5.41, 5.74) is 0. The highest BCUT2D eigenvalue weighted by Crippen LogP contribution is 2.48. The fourth-order valence-corrected chi connectivity index (χ4v) is 14.7. The molecule has 49 heavy (non-hydrogen) atoms. The second kappa shape index (κ2) is 32.3. The molecule has 1 radical (unpaired) electrons. The first-order chi connectivity index (χ1) is 23.7. The van der Waals surface area contributed by atoms with Gasteiger partial charge in [-0.1, -0.05) is 142 Å². The number of aliphatic carboxylic acids is 3. The quantitative estimate of drug-likeness (QED) is 0.0331. The monoisotopic (exact) mass is 801 g/mol. The van der Waals surface area contributed by atoms with Crippen LogP contribution in [0.25, 0.3) is 0 Å². The van der Waals surface area contributed by atoms with Gasteiger partial charge in [0.15, 0.2) is 0 Å². The van der Waals surface area contributed by atoms with E-state index < -0.39 is 29.9 Å². The minimum Gasteiger partial charge on any atom is -0.481 e. The molecule has 1 rings (SSSR count). The number of amides is 1. The molecule has 10 nitrogen and oxygen atoms in total. The smallest absolute Gasteiger partial charge is 0.320 e.